The van der Waals surface area contributed by atoms with Crippen molar-refractivity contribution in [1.82, 2.24) is 4.57 Å². The third-order valence-corrected chi connectivity index (χ3v) is 3.09. The summed E-state index contributed by atoms with van der Waals surface area (Å²) in [6.45, 7) is 1.72. The van der Waals surface area contributed by atoms with E-state index in [-0.39, 0.29) is 5.56 Å². The Labute approximate surface area is 91.9 Å². The Morgan fingerprint density at radius 3 is 2.80 bits per heavy atom. The van der Waals surface area contributed by atoms with Crippen molar-refractivity contribution in [2.45, 2.75) is 6.92 Å². The third kappa shape index (κ3) is 1.39. The molecule has 0 saturated heterocycles. The molecule has 1 aromatic carbocycles. The maximum Gasteiger partial charge on any atom is 0.336 e. The molecule has 2 aromatic rings. The number of carbonyl (C=O) groups is 1. The second-order valence-electron chi connectivity index (χ2n) is 3.53. The number of benzene rings is 1. The molecule has 0 unspecified atom stereocenters. The Morgan fingerprint density at radius 1 is 1.53 bits per heavy atom. The number of nitrogens with zero attached hydrogens (tertiary/aromatic N) is 1. The topological polar surface area (TPSA) is 42.2 Å². The molecule has 15 heavy (non-hydrogen) atoms. The van der Waals surface area contributed by atoms with Crippen LogP contribution in [0.2, 0.25) is 5.02 Å². The van der Waals surface area contributed by atoms with Gasteiger partial charge in [-0.2, -0.15) is 0 Å². The molecule has 0 radical (unpaired) electrons. The highest BCUT2D eigenvalue weighted by molar-refractivity contribution is 6.36. The van der Waals surface area contributed by atoms with E-state index in [1.54, 1.807) is 13.0 Å². The molecule has 0 aliphatic carbocycles. The minimum absolute atomic E-state index is 0.259. The number of carboxylic acid groups (broad SMARTS) is 1. The van der Waals surface area contributed by atoms with Crippen LogP contribution in [0.15, 0.2) is 18.3 Å². The van der Waals surface area contributed by atoms with Crippen molar-refractivity contribution < 1.29 is 9.90 Å². The summed E-state index contributed by atoms with van der Waals surface area (Å²) in [7, 11) is 1.86. The number of aryl methyl sites for hydroxylation is 1. The lowest BCUT2D eigenvalue weighted by Gasteiger charge is -2.06. The minimum Gasteiger partial charge on any atom is -0.478 e. The highest BCUT2D eigenvalue weighted by atomic mass is 35.5. The van der Waals surface area contributed by atoms with Gasteiger partial charge in [0.05, 0.1) is 16.1 Å². The van der Waals surface area contributed by atoms with Crippen LogP contribution in [0.1, 0.15) is 15.9 Å². The molecule has 0 fully saturated rings. The molecule has 1 N–H and O–H groups in total. The van der Waals surface area contributed by atoms with E-state index in [4.69, 9.17) is 16.7 Å². The van der Waals surface area contributed by atoms with E-state index in [0.29, 0.717) is 10.6 Å². The Morgan fingerprint density at radius 2 is 2.20 bits per heavy atom. The maximum atomic E-state index is 11.0. The summed E-state index contributed by atoms with van der Waals surface area (Å²) in [5.41, 5.74) is 1.71. The van der Waals surface area contributed by atoms with Crippen LogP contribution < -0.4 is 0 Å². The summed E-state index contributed by atoms with van der Waals surface area (Å²) >= 11 is 6.11. The first-order chi connectivity index (χ1) is 7.02. The van der Waals surface area contributed by atoms with E-state index in [1.165, 1.54) is 0 Å². The van der Waals surface area contributed by atoms with Gasteiger partial charge in [-0.05, 0) is 24.6 Å². The van der Waals surface area contributed by atoms with Crippen molar-refractivity contribution >= 4 is 28.5 Å². The van der Waals surface area contributed by atoms with Crippen LogP contribution in [-0.4, -0.2) is 15.6 Å². The predicted octanol–water partition coefficient (Wildman–Crippen LogP) is 2.84. The average Bonchev–Trinajstić information content (AvgIpc) is 2.53. The molecule has 0 spiro atoms. The van der Waals surface area contributed by atoms with Crippen molar-refractivity contribution in [3.8, 4) is 0 Å². The average molecular weight is 224 g/mol. The quantitative estimate of drug-likeness (QED) is 0.808. The summed E-state index contributed by atoms with van der Waals surface area (Å²) in [4.78, 5) is 11.0. The van der Waals surface area contributed by atoms with Gasteiger partial charge in [0.2, 0.25) is 0 Å². The Kier molecular flexibility index (Phi) is 2.20. The molecule has 0 atom stereocenters. The number of fused-ring (bicyclic) bond motifs is 1. The van der Waals surface area contributed by atoms with E-state index < -0.39 is 5.97 Å². The number of hydrogen-bond donors (Lipinski definition) is 1. The SMILES string of the molecule is Cc1c(C(=O)O)cc2c(ccn2C)c1Cl. The van der Waals surface area contributed by atoms with Crippen molar-refractivity contribution in [3.05, 3.63) is 34.5 Å². The van der Waals surface area contributed by atoms with Gasteiger partial charge in [-0.15, -0.1) is 0 Å². The van der Waals surface area contributed by atoms with Gasteiger partial charge in [0.25, 0.3) is 0 Å². The molecule has 0 amide bonds. The molecule has 0 bridgehead atoms. The maximum absolute atomic E-state index is 11.0. The molecule has 1 aromatic heterocycles. The largest absolute Gasteiger partial charge is 0.478 e. The number of halogens is 1. The summed E-state index contributed by atoms with van der Waals surface area (Å²) in [6.07, 6.45) is 1.86. The summed E-state index contributed by atoms with van der Waals surface area (Å²) in [5, 5.41) is 10.4. The standard InChI is InChI=1S/C11H10ClNO2/c1-6-8(11(14)15)5-9-7(10(6)12)3-4-13(9)2/h3-5H,1-2H3,(H,14,15). The second-order valence-corrected chi connectivity index (χ2v) is 3.91. The molecule has 78 valence electrons. The van der Waals surface area contributed by atoms with Crippen molar-refractivity contribution in [2.24, 2.45) is 7.05 Å². The van der Waals surface area contributed by atoms with E-state index in [2.05, 4.69) is 0 Å². The fraction of sp³-hybridized carbons (Fsp3) is 0.182. The number of hydrogen-bond acceptors (Lipinski definition) is 1. The van der Waals surface area contributed by atoms with E-state index >= 15 is 0 Å². The molecule has 0 saturated carbocycles. The van der Waals surface area contributed by atoms with Crippen LogP contribution in [-0.2, 0) is 7.05 Å². The molecular formula is C11H10ClNO2. The molecule has 1 heterocycles. The van der Waals surface area contributed by atoms with Crippen LogP contribution in [0, 0.1) is 6.92 Å². The second kappa shape index (κ2) is 3.28. The van der Waals surface area contributed by atoms with Crippen LogP contribution in [0.3, 0.4) is 0 Å². The number of aromatic nitrogens is 1. The van der Waals surface area contributed by atoms with E-state index in [1.807, 2.05) is 23.9 Å². The van der Waals surface area contributed by atoms with Gasteiger partial charge in [-0.3, -0.25) is 0 Å². The molecule has 3 nitrogen and oxygen atoms in total. The monoisotopic (exact) mass is 223 g/mol. The minimum atomic E-state index is -0.947. The van der Waals surface area contributed by atoms with Gasteiger partial charge >= 0.3 is 5.97 Å². The smallest absolute Gasteiger partial charge is 0.336 e. The van der Waals surface area contributed by atoms with Crippen molar-refractivity contribution in [2.75, 3.05) is 0 Å². The lowest BCUT2D eigenvalue weighted by molar-refractivity contribution is 0.0696. The fourth-order valence-corrected chi connectivity index (χ4v) is 1.96. The molecule has 0 aliphatic rings. The van der Waals surface area contributed by atoms with E-state index in [0.717, 1.165) is 10.9 Å². The lowest BCUT2D eigenvalue weighted by atomic mass is 10.1. The first kappa shape index (κ1) is 10.1. The highest BCUT2D eigenvalue weighted by Crippen LogP contribution is 2.30. The summed E-state index contributed by atoms with van der Waals surface area (Å²) in [5.74, 6) is -0.947. The summed E-state index contributed by atoms with van der Waals surface area (Å²) < 4.78 is 1.85. The first-order valence-corrected chi connectivity index (χ1v) is 4.87. The van der Waals surface area contributed by atoms with Crippen LogP contribution in [0.5, 0.6) is 0 Å². The molecule has 2 rings (SSSR count). The van der Waals surface area contributed by atoms with Gasteiger partial charge in [-0.25, -0.2) is 4.79 Å². The molecular weight excluding hydrogens is 214 g/mol. The van der Waals surface area contributed by atoms with Gasteiger partial charge < -0.3 is 9.67 Å². The zero-order chi connectivity index (χ0) is 11.2. The van der Waals surface area contributed by atoms with Gasteiger partial charge in [-0.1, -0.05) is 11.6 Å². The zero-order valence-corrected chi connectivity index (χ0v) is 9.17. The van der Waals surface area contributed by atoms with E-state index in [9.17, 15) is 4.79 Å². The molecule has 0 aliphatic heterocycles. The first-order valence-electron chi connectivity index (χ1n) is 4.50. The van der Waals surface area contributed by atoms with Gasteiger partial charge in [0.15, 0.2) is 0 Å². The fourth-order valence-electron chi connectivity index (χ4n) is 1.69. The predicted molar refractivity (Wildman–Crippen MR) is 59.6 cm³/mol. The van der Waals surface area contributed by atoms with Crippen molar-refractivity contribution in [1.29, 1.82) is 0 Å². The van der Waals surface area contributed by atoms with Crippen LogP contribution >= 0.6 is 11.6 Å². The number of rotatable bonds is 1. The van der Waals surface area contributed by atoms with Crippen LogP contribution in [0.4, 0.5) is 0 Å². The lowest BCUT2D eigenvalue weighted by Crippen LogP contribution is -2.01. The Hall–Kier alpha value is -1.48. The Balaban J connectivity index is 2.91. The van der Waals surface area contributed by atoms with Crippen LogP contribution in [0.25, 0.3) is 10.9 Å². The third-order valence-electron chi connectivity index (χ3n) is 2.60. The van der Waals surface area contributed by atoms with Crippen molar-refractivity contribution in [3.63, 3.8) is 0 Å². The zero-order valence-electron chi connectivity index (χ0n) is 8.41. The number of carboxylic acids is 1. The molecule has 4 heteroatoms. The van der Waals surface area contributed by atoms with Gasteiger partial charge in [0, 0.05) is 18.6 Å². The summed E-state index contributed by atoms with van der Waals surface area (Å²) in [6, 6.07) is 3.54. The Bertz CT molecular complexity index is 557. The number of aromatic carboxylic acids is 1. The van der Waals surface area contributed by atoms with Gasteiger partial charge in [0.1, 0.15) is 0 Å². The normalized spacial score (nSPS) is 10.9. The highest BCUT2D eigenvalue weighted by Gasteiger charge is 2.14.